The van der Waals surface area contributed by atoms with Crippen LogP contribution in [0.25, 0.3) is 0 Å². The van der Waals surface area contributed by atoms with E-state index in [1.54, 1.807) is 0 Å². The number of benzene rings is 2. The zero-order valence-electron chi connectivity index (χ0n) is 19.6. The fourth-order valence-corrected chi connectivity index (χ4v) is 5.39. The molecule has 176 valence electrons. The highest BCUT2D eigenvalue weighted by atomic mass is 32.2. The van der Waals surface area contributed by atoms with Gasteiger partial charge in [0.2, 0.25) is 10.0 Å². The number of hydrogen-bond donors (Lipinski definition) is 1. The molecule has 1 N–H and O–H groups in total. The summed E-state index contributed by atoms with van der Waals surface area (Å²) in [6, 6.07) is 20.9. The first-order valence-electron chi connectivity index (χ1n) is 11.5. The molecule has 0 radical (unpaired) electrons. The van der Waals surface area contributed by atoms with Gasteiger partial charge in [0.15, 0.2) is 5.82 Å². The summed E-state index contributed by atoms with van der Waals surface area (Å²) < 4.78 is 28.8. The van der Waals surface area contributed by atoms with Crippen molar-refractivity contribution in [1.29, 1.82) is 0 Å². The molecule has 33 heavy (non-hydrogen) atoms. The van der Waals surface area contributed by atoms with E-state index >= 15 is 0 Å². The lowest BCUT2D eigenvalue weighted by atomic mass is 9.90. The van der Waals surface area contributed by atoms with Gasteiger partial charge in [-0.15, -0.1) is 10.2 Å². The molecule has 0 saturated carbocycles. The molecular formula is C25H33N5O2S. The van der Waals surface area contributed by atoms with E-state index in [2.05, 4.69) is 85.1 Å². The second kappa shape index (κ2) is 10.2. The summed E-state index contributed by atoms with van der Waals surface area (Å²) in [4.78, 5) is 2.48. The van der Waals surface area contributed by atoms with E-state index in [-0.39, 0.29) is 11.8 Å². The summed E-state index contributed by atoms with van der Waals surface area (Å²) in [5.41, 5.74) is 2.62. The van der Waals surface area contributed by atoms with Crippen molar-refractivity contribution in [1.82, 2.24) is 24.4 Å². The third kappa shape index (κ3) is 5.88. The van der Waals surface area contributed by atoms with Crippen LogP contribution < -0.4 is 4.72 Å². The minimum Gasteiger partial charge on any atom is -0.312 e. The second-order valence-electron chi connectivity index (χ2n) is 9.16. The molecule has 0 fully saturated rings. The van der Waals surface area contributed by atoms with E-state index in [0.717, 1.165) is 38.4 Å². The first kappa shape index (κ1) is 23.6. The molecule has 0 aliphatic carbocycles. The Labute approximate surface area is 196 Å². The third-order valence-corrected chi connectivity index (χ3v) is 6.96. The molecule has 1 atom stereocenters. The topological polar surface area (TPSA) is 80.1 Å². The van der Waals surface area contributed by atoms with Crippen LogP contribution in [0.4, 0.5) is 0 Å². The lowest BCUT2D eigenvalue weighted by Gasteiger charge is -2.27. The molecule has 7 nitrogen and oxygen atoms in total. The van der Waals surface area contributed by atoms with Crippen LogP contribution >= 0.6 is 0 Å². The van der Waals surface area contributed by atoms with Crippen LogP contribution in [0.2, 0.25) is 0 Å². The van der Waals surface area contributed by atoms with Gasteiger partial charge in [-0.1, -0.05) is 74.5 Å². The number of nitrogens with one attached hydrogen (secondary N) is 1. The lowest BCUT2D eigenvalue weighted by molar-refractivity contribution is 0.268. The maximum Gasteiger partial charge on any atom is 0.209 e. The summed E-state index contributed by atoms with van der Waals surface area (Å²) >= 11 is 0. The van der Waals surface area contributed by atoms with Crippen molar-refractivity contribution in [3.63, 3.8) is 0 Å². The highest BCUT2D eigenvalue weighted by Gasteiger charge is 2.29. The SMILES string of the molecule is CC(C)C(NS(C)(=O)=O)c1nnc2n1CCN(CC(c1ccccc1)c1ccccc1)CC2. The van der Waals surface area contributed by atoms with Gasteiger partial charge >= 0.3 is 0 Å². The average Bonchev–Trinajstić information content (AvgIpc) is 3.09. The number of nitrogens with zero attached hydrogens (tertiary/aromatic N) is 4. The van der Waals surface area contributed by atoms with Gasteiger partial charge in [0, 0.05) is 38.5 Å². The van der Waals surface area contributed by atoms with Crippen molar-refractivity contribution in [3.8, 4) is 0 Å². The molecule has 0 saturated heterocycles. The average molecular weight is 468 g/mol. The van der Waals surface area contributed by atoms with Crippen LogP contribution in [0.15, 0.2) is 60.7 Å². The van der Waals surface area contributed by atoms with E-state index < -0.39 is 16.1 Å². The van der Waals surface area contributed by atoms with Crippen LogP contribution in [0, 0.1) is 5.92 Å². The number of aromatic nitrogens is 3. The van der Waals surface area contributed by atoms with E-state index in [4.69, 9.17) is 0 Å². The van der Waals surface area contributed by atoms with Crippen molar-refractivity contribution >= 4 is 10.0 Å². The largest absolute Gasteiger partial charge is 0.312 e. The van der Waals surface area contributed by atoms with E-state index in [1.165, 1.54) is 17.4 Å². The van der Waals surface area contributed by atoms with Crippen LogP contribution in [0.5, 0.6) is 0 Å². The Hall–Kier alpha value is -2.55. The Balaban J connectivity index is 1.54. The van der Waals surface area contributed by atoms with Crippen LogP contribution in [-0.2, 0) is 23.0 Å². The van der Waals surface area contributed by atoms with Gasteiger partial charge in [0.25, 0.3) is 0 Å². The standard InChI is InChI=1S/C25H33N5O2S/c1-19(2)24(28-33(3,31)32)25-27-26-23-14-15-29(16-17-30(23)25)18-22(20-10-6-4-7-11-20)21-12-8-5-9-13-21/h4-13,19,22,24,28H,14-18H2,1-3H3. The molecule has 2 heterocycles. The Kier molecular flexibility index (Phi) is 7.26. The molecule has 1 unspecified atom stereocenters. The molecule has 1 aromatic heterocycles. The lowest BCUT2D eigenvalue weighted by Crippen LogP contribution is -2.34. The minimum atomic E-state index is -3.36. The fourth-order valence-electron chi connectivity index (χ4n) is 4.55. The van der Waals surface area contributed by atoms with Crippen molar-refractivity contribution in [2.24, 2.45) is 5.92 Å². The smallest absolute Gasteiger partial charge is 0.209 e. The van der Waals surface area contributed by atoms with Crippen molar-refractivity contribution in [2.75, 3.05) is 25.9 Å². The molecule has 0 spiro atoms. The second-order valence-corrected chi connectivity index (χ2v) is 10.9. The Morgan fingerprint density at radius 3 is 2.06 bits per heavy atom. The van der Waals surface area contributed by atoms with Gasteiger partial charge in [-0.2, -0.15) is 0 Å². The van der Waals surface area contributed by atoms with E-state index in [9.17, 15) is 8.42 Å². The van der Waals surface area contributed by atoms with Gasteiger partial charge in [-0.3, -0.25) is 0 Å². The van der Waals surface area contributed by atoms with Crippen LogP contribution in [0.3, 0.4) is 0 Å². The number of rotatable bonds is 8. The van der Waals surface area contributed by atoms with E-state index in [1.807, 2.05) is 13.8 Å². The highest BCUT2D eigenvalue weighted by molar-refractivity contribution is 7.88. The Morgan fingerprint density at radius 2 is 1.52 bits per heavy atom. The molecule has 1 aliphatic rings. The molecule has 4 rings (SSSR count). The van der Waals surface area contributed by atoms with Crippen LogP contribution in [0.1, 0.15) is 48.6 Å². The van der Waals surface area contributed by atoms with E-state index in [0.29, 0.717) is 5.82 Å². The van der Waals surface area contributed by atoms with Gasteiger partial charge in [-0.25, -0.2) is 13.1 Å². The molecule has 3 aromatic rings. The quantitative estimate of drug-likeness (QED) is 0.550. The molecule has 8 heteroatoms. The summed E-state index contributed by atoms with van der Waals surface area (Å²) in [5.74, 6) is 1.97. The van der Waals surface area contributed by atoms with Gasteiger partial charge in [0.1, 0.15) is 5.82 Å². The van der Waals surface area contributed by atoms with Crippen molar-refractivity contribution in [2.45, 2.75) is 38.8 Å². The van der Waals surface area contributed by atoms with Gasteiger partial charge < -0.3 is 9.47 Å². The van der Waals surface area contributed by atoms with Crippen molar-refractivity contribution < 1.29 is 8.42 Å². The van der Waals surface area contributed by atoms with Crippen molar-refractivity contribution in [3.05, 3.63) is 83.4 Å². The predicted molar refractivity (Wildman–Crippen MR) is 130 cm³/mol. The normalized spacial score (nSPS) is 16.0. The maximum atomic E-state index is 11.9. The zero-order valence-corrected chi connectivity index (χ0v) is 20.4. The summed E-state index contributed by atoms with van der Waals surface area (Å²) in [6.45, 7) is 7.40. The van der Waals surface area contributed by atoms with Gasteiger partial charge in [0.05, 0.1) is 12.3 Å². The molecule has 1 aliphatic heterocycles. The summed E-state index contributed by atoms with van der Waals surface area (Å²) in [5, 5.41) is 8.83. The number of sulfonamides is 1. The number of fused-ring (bicyclic) bond motifs is 1. The monoisotopic (exact) mass is 467 g/mol. The maximum absolute atomic E-state index is 11.9. The predicted octanol–water partition coefficient (Wildman–Crippen LogP) is 3.21. The summed E-state index contributed by atoms with van der Waals surface area (Å²) in [6.07, 6.45) is 1.98. The van der Waals surface area contributed by atoms with Gasteiger partial charge in [-0.05, 0) is 17.0 Å². The first-order valence-corrected chi connectivity index (χ1v) is 13.4. The zero-order chi connectivity index (χ0) is 23.4. The van der Waals surface area contributed by atoms with Crippen LogP contribution in [-0.4, -0.2) is 54.0 Å². The highest BCUT2D eigenvalue weighted by Crippen LogP contribution is 2.27. The Morgan fingerprint density at radius 1 is 0.909 bits per heavy atom. The minimum absolute atomic E-state index is 0.0629. The molecule has 0 bridgehead atoms. The number of hydrogen-bond acceptors (Lipinski definition) is 5. The Bertz CT molecular complexity index is 1110. The molecule has 2 aromatic carbocycles. The molecule has 0 amide bonds. The third-order valence-electron chi connectivity index (χ3n) is 6.28. The fraction of sp³-hybridized carbons (Fsp3) is 0.440. The first-order chi connectivity index (χ1) is 15.8. The summed E-state index contributed by atoms with van der Waals surface area (Å²) in [7, 11) is -3.36. The molecular weight excluding hydrogens is 434 g/mol.